The van der Waals surface area contributed by atoms with E-state index in [1.54, 1.807) is 0 Å². The van der Waals surface area contributed by atoms with Crippen LogP contribution in [0.3, 0.4) is 0 Å². The van der Waals surface area contributed by atoms with Crippen molar-refractivity contribution >= 4 is 23.5 Å². The average Bonchev–Trinajstić information content (AvgIpc) is 2.28. The summed E-state index contributed by atoms with van der Waals surface area (Å²) >= 11 is 0. The van der Waals surface area contributed by atoms with E-state index in [2.05, 4.69) is 0 Å². The summed E-state index contributed by atoms with van der Waals surface area (Å²) in [5, 5.41) is 21.3. The van der Waals surface area contributed by atoms with E-state index in [1.165, 1.54) is 36.4 Å². The minimum Gasteiger partial charge on any atom is -0.618 e. The number of hydrogen-bond acceptors (Lipinski definition) is 4. The lowest BCUT2D eigenvalue weighted by atomic mass is 10.2. The van der Waals surface area contributed by atoms with Gasteiger partial charge in [0.1, 0.15) is 5.75 Å². The molecule has 0 saturated carbocycles. The van der Waals surface area contributed by atoms with Gasteiger partial charge in [0.25, 0.3) is 11.2 Å². The summed E-state index contributed by atoms with van der Waals surface area (Å²) in [7, 11) is 0. The molecule has 1 aliphatic heterocycles. The van der Waals surface area contributed by atoms with Crippen molar-refractivity contribution in [3.63, 3.8) is 0 Å². The predicted molar refractivity (Wildman–Crippen MR) is 67.0 cm³/mol. The monoisotopic (exact) mass is 265 g/mol. The Balaban J connectivity index is 0.00000120. The molecule has 1 N–H and O–H groups in total. The van der Waals surface area contributed by atoms with Gasteiger partial charge in [0.2, 0.25) is 11.3 Å². The maximum absolute atomic E-state index is 12.0. The molecule has 6 heteroatoms. The first kappa shape index (κ1) is 12.2. The molecule has 1 heterocycles. The lowest BCUT2D eigenvalue weighted by molar-refractivity contribution is -0.566. The zero-order valence-electron chi connectivity index (χ0n) is 8.99. The van der Waals surface area contributed by atoms with E-state index >= 15 is 0 Å². The average molecular weight is 266 g/mol. The molecule has 0 aromatic heterocycles. The summed E-state index contributed by atoms with van der Waals surface area (Å²) < 4.78 is 6.08. The molecule has 1 aromatic rings. The Labute approximate surface area is 107 Å². The number of aromatic hydroxyl groups is 1. The van der Waals surface area contributed by atoms with Crippen molar-refractivity contribution in [1.82, 2.24) is 0 Å². The number of nitrogens with zero attached hydrogens (tertiary/aromatic N) is 1. The van der Waals surface area contributed by atoms with Crippen LogP contribution in [-0.4, -0.2) is 5.11 Å². The number of phenolic OH excluding ortho intramolecular Hbond substituents is 1. The van der Waals surface area contributed by atoms with Crippen LogP contribution in [-0.2, 0) is 0 Å². The summed E-state index contributed by atoms with van der Waals surface area (Å²) in [5.41, 5.74) is 0.579. The first-order valence-electron chi connectivity index (χ1n) is 4.94. The number of aromatic nitrogens is 1. The van der Waals surface area contributed by atoms with Gasteiger partial charge in [-0.3, -0.25) is 4.79 Å². The normalized spacial score (nSPS) is 10.4. The third-order valence-corrected chi connectivity index (χ3v) is 2.53. The fourth-order valence-electron chi connectivity index (χ4n) is 1.74. The number of halogens is 1. The molecule has 2 aliphatic rings. The molecule has 0 bridgehead atoms. The van der Waals surface area contributed by atoms with Gasteiger partial charge in [0, 0.05) is 24.3 Å². The van der Waals surface area contributed by atoms with Gasteiger partial charge in [0.15, 0.2) is 5.43 Å². The summed E-state index contributed by atoms with van der Waals surface area (Å²) in [4.78, 5) is 11.2. The van der Waals surface area contributed by atoms with Gasteiger partial charge in [-0.1, -0.05) is 0 Å². The second-order valence-electron chi connectivity index (χ2n) is 3.68. The predicted octanol–water partition coefficient (Wildman–Crippen LogP) is 1.66. The molecule has 0 fully saturated rings. The van der Waals surface area contributed by atoms with E-state index in [0.29, 0.717) is 10.2 Å². The molecular weight excluding hydrogens is 258 g/mol. The van der Waals surface area contributed by atoms with Crippen molar-refractivity contribution in [2.75, 3.05) is 0 Å². The Hall–Kier alpha value is -2.27. The Morgan fingerprint density at radius 3 is 2.72 bits per heavy atom. The smallest absolute Gasteiger partial charge is 0.260 e. The van der Waals surface area contributed by atoms with Gasteiger partial charge < -0.3 is 14.7 Å². The topological polar surface area (TPSA) is 77.4 Å². The summed E-state index contributed by atoms with van der Waals surface area (Å²) in [6.45, 7) is 0. The SMILES string of the molecule is Cl.O=c1ccc2[n+]([O-])c3ccc(O)cc3oc-2c1. The highest BCUT2D eigenvalue weighted by Gasteiger charge is 2.19. The van der Waals surface area contributed by atoms with Gasteiger partial charge in [-0.2, -0.15) is 4.73 Å². The maximum Gasteiger partial charge on any atom is 0.260 e. The lowest BCUT2D eigenvalue weighted by Gasteiger charge is -2.08. The van der Waals surface area contributed by atoms with Gasteiger partial charge in [0.05, 0.1) is 0 Å². The van der Waals surface area contributed by atoms with Gasteiger partial charge in [-0.05, 0) is 12.1 Å². The van der Waals surface area contributed by atoms with Crippen LogP contribution in [0, 0.1) is 5.21 Å². The van der Waals surface area contributed by atoms with E-state index in [4.69, 9.17) is 4.42 Å². The minimum absolute atomic E-state index is 0. The molecule has 1 aliphatic carbocycles. The molecule has 3 rings (SSSR count). The van der Waals surface area contributed by atoms with Crippen molar-refractivity contribution in [1.29, 1.82) is 0 Å². The number of hydrogen-bond donors (Lipinski definition) is 1. The quantitative estimate of drug-likeness (QED) is 0.381. The van der Waals surface area contributed by atoms with Crippen LogP contribution in [0.15, 0.2) is 45.6 Å². The molecule has 0 atom stereocenters. The van der Waals surface area contributed by atoms with Crippen LogP contribution in [0.2, 0.25) is 0 Å². The number of benzene rings is 2. The zero-order valence-corrected chi connectivity index (χ0v) is 9.81. The molecule has 18 heavy (non-hydrogen) atoms. The molecule has 0 radical (unpaired) electrons. The van der Waals surface area contributed by atoms with Crippen LogP contribution in [0.5, 0.6) is 5.75 Å². The molecule has 0 spiro atoms. The Kier molecular flexibility index (Phi) is 2.84. The van der Waals surface area contributed by atoms with E-state index < -0.39 is 0 Å². The summed E-state index contributed by atoms with van der Waals surface area (Å²) in [6.07, 6.45) is 0. The second kappa shape index (κ2) is 4.19. The Morgan fingerprint density at radius 1 is 1.17 bits per heavy atom. The van der Waals surface area contributed by atoms with Gasteiger partial charge in [-0.25, -0.2) is 0 Å². The second-order valence-corrected chi connectivity index (χ2v) is 3.68. The van der Waals surface area contributed by atoms with E-state index in [1.807, 2.05) is 0 Å². The fraction of sp³-hybridized carbons (Fsp3) is 0. The minimum atomic E-state index is -0.235. The zero-order chi connectivity index (χ0) is 12.0. The van der Waals surface area contributed by atoms with Crippen LogP contribution < -0.4 is 10.2 Å². The highest BCUT2D eigenvalue weighted by atomic mass is 35.5. The molecule has 0 saturated heterocycles. The number of fused-ring (bicyclic) bond motifs is 2. The molecular formula is C12H8ClNO4. The Morgan fingerprint density at radius 2 is 1.94 bits per heavy atom. The first-order valence-corrected chi connectivity index (χ1v) is 4.94. The fourth-order valence-corrected chi connectivity index (χ4v) is 1.74. The van der Waals surface area contributed by atoms with Gasteiger partial charge >= 0.3 is 0 Å². The van der Waals surface area contributed by atoms with Gasteiger partial charge in [-0.15, -0.1) is 12.4 Å². The van der Waals surface area contributed by atoms with Crippen LogP contribution in [0.1, 0.15) is 0 Å². The maximum atomic E-state index is 12.0. The lowest BCUT2D eigenvalue weighted by Crippen LogP contribution is -2.31. The van der Waals surface area contributed by atoms with Crippen LogP contribution in [0.25, 0.3) is 22.6 Å². The van der Waals surface area contributed by atoms with E-state index in [9.17, 15) is 15.1 Å². The number of rotatable bonds is 0. The van der Waals surface area contributed by atoms with Crippen molar-refractivity contribution < 1.29 is 14.3 Å². The standard InChI is InChI=1S/C12H7NO4.ClH/c14-7-1-3-9-11(5-7)17-12-6-8(15)2-4-10(12)13(9)16;/h1-6,14H;1H. The highest BCUT2D eigenvalue weighted by molar-refractivity contribution is 5.85. The largest absolute Gasteiger partial charge is 0.618 e. The van der Waals surface area contributed by atoms with Crippen molar-refractivity contribution in [2.45, 2.75) is 0 Å². The summed E-state index contributed by atoms with van der Waals surface area (Å²) in [6, 6.07) is 8.17. The third kappa shape index (κ3) is 1.74. The van der Waals surface area contributed by atoms with Crippen LogP contribution >= 0.6 is 12.4 Å². The van der Waals surface area contributed by atoms with Crippen LogP contribution in [0.4, 0.5) is 0 Å². The molecule has 5 nitrogen and oxygen atoms in total. The molecule has 0 amide bonds. The van der Waals surface area contributed by atoms with Crippen molar-refractivity contribution in [3.05, 3.63) is 51.8 Å². The molecule has 1 aromatic carbocycles. The van der Waals surface area contributed by atoms with E-state index in [0.717, 1.165) is 0 Å². The molecule has 0 unspecified atom stereocenters. The molecule has 92 valence electrons. The van der Waals surface area contributed by atoms with Crippen molar-refractivity contribution in [2.24, 2.45) is 0 Å². The summed E-state index contributed by atoms with van der Waals surface area (Å²) in [5.74, 6) is 0.199. The van der Waals surface area contributed by atoms with E-state index in [-0.39, 0.29) is 40.6 Å². The number of phenols is 1. The first-order chi connectivity index (χ1) is 8.15. The highest BCUT2D eigenvalue weighted by Crippen LogP contribution is 2.24. The third-order valence-electron chi connectivity index (χ3n) is 2.53. The Bertz CT molecular complexity index is 753. The van der Waals surface area contributed by atoms with Crippen molar-refractivity contribution in [3.8, 4) is 17.2 Å².